The first-order chi connectivity index (χ1) is 12.7. The van der Waals surface area contributed by atoms with Crippen LogP contribution in [0.1, 0.15) is 43.5 Å². The van der Waals surface area contributed by atoms with Crippen molar-refractivity contribution >= 4 is 23.2 Å². The van der Waals surface area contributed by atoms with E-state index in [1.807, 2.05) is 17.0 Å². The lowest BCUT2D eigenvalue weighted by molar-refractivity contribution is 0.0723. The third-order valence-electron chi connectivity index (χ3n) is 4.79. The minimum atomic E-state index is 0.0276. The fourth-order valence-corrected chi connectivity index (χ4v) is 3.26. The molecule has 2 heterocycles. The van der Waals surface area contributed by atoms with Gasteiger partial charge in [-0.1, -0.05) is 0 Å². The van der Waals surface area contributed by atoms with Gasteiger partial charge in [0.25, 0.3) is 5.91 Å². The van der Waals surface area contributed by atoms with Gasteiger partial charge in [-0.05, 0) is 57.4 Å². The molecule has 1 aromatic carbocycles. The van der Waals surface area contributed by atoms with E-state index >= 15 is 0 Å². The topological polar surface area (TPSA) is 61.4 Å². The quantitative estimate of drug-likeness (QED) is 0.858. The molecule has 0 bridgehead atoms. The number of benzene rings is 1. The van der Waals surface area contributed by atoms with Gasteiger partial charge in [-0.2, -0.15) is 0 Å². The molecule has 6 heteroatoms. The average Bonchev–Trinajstić information content (AvgIpc) is 2.71. The highest BCUT2D eigenvalue weighted by Gasteiger charge is 2.18. The summed E-state index contributed by atoms with van der Waals surface area (Å²) in [5.41, 5.74) is 2.68. The van der Waals surface area contributed by atoms with Gasteiger partial charge in [0, 0.05) is 49.9 Å². The molecule has 1 fully saturated rings. The standard InChI is InChI=1S/C20H27N5O/c1-3-24(4-2)18-10-8-17(9-11-18)23-20-21-14-16(15-22-20)19(26)25-12-6-5-7-13-25/h8-11,14-15H,3-7,12-13H2,1-2H3,(H,21,22,23). The van der Waals surface area contributed by atoms with E-state index in [1.165, 1.54) is 12.1 Å². The highest BCUT2D eigenvalue weighted by Crippen LogP contribution is 2.20. The third-order valence-corrected chi connectivity index (χ3v) is 4.79. The van der Waals surface area contributed by atoms with Crippen LogP contribution in [0.3, 0.4) is 0 Å². The number of nitrogens with one attached hydrogen (secondary N) is 1. The lowest BCUT2D eigenvalue weighted by atomic mass is 10.1. The summed E-state index contributed by atoms with van der Waals surface area (Å²) in [6.07, 6.45) is 6.58. The first-order valence-corrected chi connectivity index (χ1v) is 9.44. The number of rotatable bonds is 6. The first-order valence-electron chi connectivity index (χ1n) is 9.44. The van der Waals surface area contributed by atoms with Gasteiger partial charge in [-0.25, -0.2) is 9.97 Å². The molecule has 138 valence electrons. The van der Waals surface area contributed by atoms with Gasteiger partial charge >= 0.3 is 0 Å². The van der Waals surface area contributed by atoms with Crippen LogP contribution < -0.4 is 10.2 Å². The molecule has 1 aliphatic heterocycles. The second kappa shape index (κ2) is 8.65. The zero-order chi connectivity index (χ0) is 18.4. The van der Waals surface area contributed by atoms with Gasteiger partial charge in [-0.15, -0.1) is 0 Å². The number of nitrogens with zero attached hydrogens (tertiary/aromatic N) is 4. The molecule has 0 unspecified atom stereocenters. The van der Waals surface area contributed by atoms with Crippen LogP contribution in [0.4, 0.5) is 17.3 Å². The lowest BCUT2D eigenvalue weighted by Crippen LogP contribution is -2.35. The molecule has 1 N–H and O–H groups in total. The Labute approximate surface area is 155 Å². The Balaban J connectivity index is 1.63. The van der Waals surface area contributed by atoms with E-state index < -0.39 is 0 Å². The molecule has 0 spiro atoms. The first kappa shape index (κ1) is 18.2. The maximum atomic E-state index is 12.4. The Kier molecular flexibility index (Phi) is 6.04. The summed E-state index contributed by atoms with van der Waals surface area (Å²) in [6, 6.07) is 8.21. The van der Waals surface area contributed by atoms with E-state index in [4.69, 9.17) is 0 Å². The molecule has 0 radical (unpaired) electrons. The number of likely N-dealkylation sites (tertiary alicyclic amines) is 1. The van der Waals surface area contributed by atoms with E-state index in [0.29, 0.717) is 11.5 Å². The predicted molar refractivity (Wildman–Crippen MR) is 105 cm³/mol. The molecule has 1 amide bonds. The monoisotopic (exact) mass is 353 g/mol. The average molecular weight is 353 g/mol. The Bertz CT molecular complexity index is 704. The zero-order valence-electron chi connectivity index (χ0n) is 15.6. The second-order valence-electron chi connectivity index (χ2n) is 6.49. The highest BCUT2D eigenvalue weighted by molar-refractivity contribution is 5.93. The molecule has 26 heavy (non-hydrogen) atoms. The SMILES string of the molecule is CCN(CC)c1ccc(Nc2ncc(C(=O)N3CCCCC3)cn2)cc1. The number of anilines is 3. The Hall–Kier alpha value is -2.63. The smallest absolute Gasteiger partial charge is 0.256 e. The Morgan fingerprint density at radius 2 is 1.65 bits per heavy atom. The van der Waals surface area contributed by atoms with Crippen molar-refractivity contribution in [2.24, 2.45) is 0 Å². The van der Waals surface area contributed by atoms with Crippen molar-refractivity contribution in [2.75, 3.05) is 36.4 Å². The number of carbonyl (C=O) groups excluding carboxylic acids is 1. The second-order valence-corrected chi connectivity index (χ2v) is 6.49. The van der Waals surface area contributed by atoms with Gasteiger partial charge in [0.1, 0.15) is 0 Å². The largest absolute Gasteiger partial charge is 0.372 e. The van der Waals surface area contributed by atoms with Crippen LogP contribution in [-0.2, 0) is 0 Å². The van der Waals surface area contributed by atoms with Crippen molar-refractivity contribution < 1.29 is 4.79 Å². The van der Waals surface area contributed by atoms with Gasteiger partial charge in [0.05, 0.1) is 5.56 Å². The number of carbonyl (C=O) groups is 1. The van der Waals surface area contributed by atoms with Crippen molar-refractivity contribution in [3.8, 4) is 0 Å². The Morgan fingerprint density at radius 1 is 1.04 bits per heavy atom. The molecule has 0 atom stereocenters. The maximum absolute atomic E-state index is 12.4. The number of aromatic nitrogens is 2. The molecular formula is C20H27N5O. The van der Waals surface area contributed by atoms with E-state index in [0.717, 1.165) is 44.7 Å². The van der Waals surface area contributed by atoms with Crippen LogP contribution in [0, 0.1) is 0 Å². The summed E-state index contributed by atoms with van der Waals surface area (Å²) in [7, 11) is 0. The molecule has 2 aromatic rings. The fourth-order valence-electron chi connectivity index (χ4n) is 3.26. The summed E-state index contributed by atoms with van der Waals surface area (Å²) in [4.78, 5) is 25.2. The summed E-state index contributed by atoms with van der Waals surface area (Å²) in [6.45, 7) is 7.93. The molecular weight excluding hydrogens is 326 g/mol. The minimum absolute atomic E-state index is 0.0276. The van der Waals surface area contributed by atoms with Crippen LogP contribution in [0.15, 0.2) is 36.7 Å². The van der Waals surface area contributed by atoms with Crippen molar-refractivity contribution in [3.05, 3.63) is 42.2 Å². The number of piperidine rings is 1. The van der Waals surface area contributed by atoms with Gasteiger partial charge < -0.3 is 15.1 Å². The molecule has 1 aliphatic rings. The van der Waals surface area contributed by atoms with Crippen molar-refractivity contribution in [1.29, 1.82) is 0 Å². The van der Waals surface area contributed by atoms with Crippen LogP contribution in [0.2, 0.25) is 0 Å². The minimum Gasteiger partial charge on any atom is -0.372 e. The van der Waals surface area contributed by atoms with Crippen molar-refractivity contribution in [2.45, 2.75) is 33.1 Å². The highest BCUT2D eigenvalue weighted by atomic mass is 16.2. The van der Waals surface area contributed by atoms with E-state index in [1.54, 1.807) is 12.4 Å². The summed E-state index contributed by atoms with van der Waals surface area (Å²) in [5.74, 6) is 0.524. The summed E-state index contributed by atoms with van der Waals surface area (Å²) < 4.78 is 0. The predicted octanol–water partition coefficient (Wildman–Crippen LogP) is 3.69. The van der Waals surface area contributed by atoms with Crippen molar-refractivity contribution in [3.63, 3.8) is 0 Å². The van der Waals surface area contributed by atoms with Crippen LogP contribution in [0.5, 0.6) is 0 Å². The van der Waals surface area contributed by atoms with Gasteiger partial charge in [-0.3, -0.25) is 4.79 Å². The molecule has 1 saturated heterocycles. The number of hydrogen-bond donors (Lipinski definition) is 1. The normalized spacial score (nSPS) is 14.2. The molecule has 1 aromatic heterocycles. The fraction of sp³-hybridized carbons (Fsp3) is 0.450. The number of hydrogen-bond acceptors (Lipinski definition) is 5. The molecule has 0 saturated carbocycles. The van der Waals surface area contributed by atoms with E-state index in [2.05, 4.69) is 46.2 Å². The van der Waals surface area contributed by atoms with Gasteiger partial charge in [0.15, 0.2) is 0 Å². The summed E-state index contributed by atoms with van der Waals surface area (Å²) >= 11 is 0. The number of amides is 1. The van der Waals surface area contributed by atoms with Crippen molar-refractivity contribution in [1.82, 2.24) is 14.9 Å². The third kappa shape index (κ3) is 4.31. The lowest BCUT2D eigenvalue weighted by Gasteiger charge is -2.26. The molecule has 6 nitrogen and oxygen atoms in total. The Morgan fingerprint density at radius 3 is 2.23 bits per heavy atom. The van der Waals surface area contributed by atoms with Gasteiger partial charge in [0.2, 0.25) is 5.95 Å². The van der Waals surface area contributed by atoms with E-state index in [9.17, 15) is 4.79 Å². The van der Waals surface area contributed by atoms with E-state index in [-0.39, 0.29) is 5.91 Å². The van der Waals surface area contributed by atoms with Crippen LogP contribution in [-0.4, -0.2) is 47.0 Å². The summed E-state index contributed by atoms with van der Waals surface area (Å²) in [5, 5.41) is 3.19. The zero-order valence-corrected chi connectivity index (χ0v) is 15.6. The van der Waals surface area contributed by atoms with Crippen LogP contribution >= 0.6 is 0 Å². The molecule has 3 rings (SSSR count). The molecule has 0 aliphatic carbocycles. The maximum Gasteiger partial charge on any atom is 0.256 e. The van der Waals surface area contributed by atoms with Crippen LogP contribution in [0.25, 0.3) is 0 Å².